The lowest BCUT2D eigenvalue weighted by atomic mass is 10.2. The number of aromatic hydroxyl groups is 1. The second-order valence-corrected chi connectivity index (χ2v) is 4.87. The van der Waals surface area contributed by atoms with E-state index in [1.165, 1.54) is 18.2 Å². The zero-order valence-corrected chi connectivity index (χ0v) is 11.1. The highest BCUT2D eigenvalue weighted by Crippen LogP contribution is 2.21. The molecule has 0 saturated carbocycles. The van der Waals surface area contributed by atoms with E-state index in [1.54, 1.807) is 4.90 Å². The van der Waals surface area contributed by atoms with Crippen LogP contribution in [0.15, 0.2) is 18.2 Å². The van der Waals surface area contributed by atoms with Gasteiger partial charge in [0.1, 0.15) is 5.75 Å². The molecule has 0 aliphatic carbocycles. The molecule has 6 heteroatoms. The lowest BCUT2D eigenvalue weighted by Crippen LogP contribution is -2.38. The van der Waals surface area contributed by atoms with Gasteiger partial charge in [0.15, 0.2) is 0 Å². The van der Waals surface area contributed by atoms with Crippen LogP contribution >= 0.6 is 11.6 Å². The summed E-state index contributed by atoms with van der Waals surface area (Å²) in [6.45, 7) is 1.43. The first-order valence-corrected chi connectivity index (χ1v) is 6.50. The third kappa shape index (κ3) is 3.38. The van der Waals surface area contributed by atoms with Crippen molar-refractivity contribution in [2.45, 2.75) is 12.8 Å². The number of rotatable bonds is 3. The van der Waals surface area contributed by atoms with Gasteiger partial charge in [-0.3, -0.25) is 9.59 Å². The molecular formula is C13H15ClN2O3. The summed E-state index contributed by atoms with van der Waals surface area (Å²) in [5.74, 6) is -0.768. The number of amides is 2. The molecule has 0 bridgehead atoms. The topological polar surface area (TPSA) is 69.6 Å². The van der Waals surface area contributed by atoms with Crippen LogP contribution in [0.1, 0.15) is 23.2 Å². The van der Waals surface area contributed by atoms with Crippen molar-refractivity contribution in [1.82, 2.24) is 10.2 Å². The number of phenolic OH excluding ortho intramolecular Hbond substituents is 1. The van der Waals surface area contributed by atoms with Crippen LogP contribution in [0.4, 0.5) is 0 Å². The van der Waals surface area contributed by atoms with Crippen molar-refractivity contribution in [2.75, 3.05) is 19.6 Å². The van der Waals surface area contributed by atoms with Gasteiger partial charge in [0.05, 0.1) is 12.1 Å². The Morgan fingerprint density at radius 3 is 2.68 bits per heavy atom. The molecule has 1 aliphatic rings. The van der Waals surface area contributed by atoms with Gasteiger partial charge in [0, 0.05) is 18.1 Å². The monoisotopic (exact) mass is 282 g/mol. The number of hydrogen-bond donors (Lipinski definition) is 2. The third-order valence-corrected chi connectivity index (χ3v) is 3.30. The molecule has 1 aromatic carbocycles. The first-order valence-electron chi connectivity index (χ1n) is 6.12. The smallest absolute Gasteiger partial charge is 0.255 e. The van der Waals surface area contributed by atoms with Gasteiger partial charge in [-0.2, -0.15) is 0 Å². The first kappa shape index (κ1) is 13.7. The van der Waals surface area contributed by atoms with E-state index in [-0.39, 0.29) is 23.8 Å². The molecule has 102 valence electrons. The fourth-order valence-electron chi connectivity index (χ4n) is 2.02. The minimum atomic E-state index is -0.507. The van der Waals surface area contributed by atoms with Crippen LogP contribution in [-0.2, 0) is 4.79 Å². The number of likely N-dealkylation sites (tertiary alicyclic amines) is 1. The Hall–Kier alpha value is -1.75. The normalized spacial score (nSPS) is 14.5. The summed E-state index contributed by atoms with van der Waals surface area (Å²) in [5.41, 5.74) is 0.0710. The van der Waals surface area contributed by atoms with Crippen molar-refractivity contribution in [2.24, 2.45) is 0 Å². The zero-order valence-electron chi connectivity index (χ0n) is 10.4. The average molecular weight is 283 g/mol. The molecule has 19 heavy (non-hydrogen) atoms. The van der Waals surface area contributed by atoms with E-state index < -0.39 is 5.91 Å². The Balaban J connectivity index is 1.93. The van der Waals surface area contributed by atoms with Crippen molar-refractivity contribution in [3.05, 3.63) is 28.8 Å². The van der Waals surface area contributed by atoms with E-state index in [1.807, 2.05) is 0 Å². The second kappa shape index (κ2) is 5.93. The maximum atomic E-state index is 11.8. The van der Waals surface area contributed by atoms with Gasteiger partial charge in [-0.1, -0.05) is 11.6 Å². The molecule has 0 unspecified atom stereocenters. The summed E-state index contributed by atoms with van der Waals surface area (Å²) < 4.78 is 0. The SMILES string of the molecule is O=C(NCC(=O)N1CCCC1)c1cc(Cl)ccc1O. The van der Waals surface area contributed by atoms with Gasteiger partial charge in [0.25, 0.3) is 5.91 Å². The highest BCUT2D eigenvalue weighted by Gasteiger charge is 2.19. The third-order valence-electron chi connectivity index (χ3n) is 3.06. The number of phenols is 1. The van der Waals surface area contributed by atoms with Gasteiger partial charge >= 0.3 is 0 Å². The van der Waals surface area contributed by atoms with Crippen LogP contribution in [0.2, 0.25) is 5.02 Å². The lowest BCUT2D eigenvalue weighted by molar-refractivity contribution is -0.129. The Labute approximate surface area is 116 Å². The first-order chi connectivity index (χ1) is 9.08. The van der Waals surface area contributed by atoms with E-state index in [2.05, 4.69) is 5.32 Å². The Bertz CT molecular complexity index is 499. The maximum absolute atomic E-state index is 11.8. The van der Waals surface area contributed by atoms with E-state index in [9.17, 15) is 14.7 Å². The average Bonchev–Trinajstić information content (AvgIpc) is 2.92. The van der Waals surface area contributed by atoms with E-state index in [0.717, 1.165) is 25.9 Å². The van der Waals surface area contributed by atoms with Gasteiger partial charge in [-0.05, 0) is 31.0 Å². The van der Waals surface area contributed by atoms with Gasteiger partial charge in [0.2, 0.25) is 5.91 Å². The molecule has 1 fully saturated rings. The summed E-state index contributed by atoms with van der Waals surface area (Å²) in [4.78, 5) is 25.3. The number of nitrogens with one attached hydrogen (secondary N) is 1. The lowest BCUT2D eigenvalue weighted by Gasteiger charge is -2.15. The fourth-order valence-corrected chi connectivity index (χ4v) is 2.19. The summed E-state index contributed by atoms with van der Waals surface area (Å²) in [7, 11) is 0. The summed E-state index contributed by atoms with van der Waals surface area (Å²) in [5, 5.41) is 12.4. The molecule has 0 radical (unpaired) electrons. The molecule has 2 rings (SSSR count). The number of hydrogen-bond acceptors (Lipinski definition) is 3. The summed E-state index contributed by atoms with van der Waals surface area (Å²) in [6, 6.07) is 4.20. The van der Waals surface area contributed by atoms with E-state index >= 15 is 0 Å². The highest BCUT2D eigenvalue weighted by molar-refractivity contribution is 6.31. The molecule has 1 saturated heterocycles. The van der Waals surface area contributed by atoms with Crippen molar-refractivity contribution in [3.63, 3.8) is 0 Å². The van der Waals surface area contributed by atoms with Gasteiger partial charge in [-0.25, -0.2) is 0 Å². The van der Waals surface area contributed by atoms with Crippen LogP contribution in [0.5, 0.6) is 5.75 Å². The molecule has 5 nitrogen and oxygen atoms in total. The van der Waals surface area contributed by atoms with Crippen LogP contribution in [-0.4, -0.2) is 41.5 Å². The molecule has 0 aromatic heterocycles. The Morgan fingerprint density at radius 1 is 1.32 bits per heavy atom. The number of benzene rings is 1. The quantitative estimate of drug-likeness (QED) is 0.880. The maximum Gasteiger partial charge on any atom is 0.255 e. The Kier molecular flexibility index (Phi) is 4.27. The largest absolute Gasteiger partial charge is 0.507 e. The fraction of sp³-hybridized carbons (Fsp3) is 0.385. The second-order valence-electron chi connectivity index (χ2n) is 4.43. The minimum absolute atomic E-state index is 0.0647. The van der Waals surface area contributed by atoms with Crippen molar-refractivity contribution in [3.8, 4) is 5.75 Å². The molecule has 2 N–H and O–H groups in total. The van der Waals surface area contributed by atoms with Gasteiger partial charge in [-0.15, -0.1) is 0 Å². The summed E-state index contributed by atoms with van der Waals surface area (Å²) >= 11 is 5.76. The predicted molar refractivity (Wildman–Crippen MR) is 71.3 cm³/mol. The van der Waals surface area contributed by atoms with Crippen LogP contribution < -0.4 is 5.32 Å². The van der Waals surface area contributed by atoms with E-state index in [0.29, 0.717) is 5.02 Å². The molecule has 0 spiro atoms. The Morgan fingerprint density at radius 2 is 2.00 bits per heavy atom. The van der Waals surface area contributed by atoms with Crippen molar-refractivity contribution in [1.29, 1.82) is 0 Å². The summed E-state index contributed by atoms with van der Waals surface area (Å²) in [6.07, 6.45) is 2.02. The number of nitrogens with zero attached hydrogens (tertiary/aromatic N) is 1. The van der Waals surface area contributed by atoms with Crippen LogP contribution in [0.25, 0.3) is 0 Å². The molecule has 1 aliphatic heterocycles. The predicted octanol–water partition coefficient (Wildman–Crippen LogP) is 1.40. The molecule has 0 atom stereocenters. The standard InChI is InChI=1S/C13H15ClN2O3/c14-9-3-4-11(17)10(7-9)13(19)15-8-12(18)16-5-1-2-6-16/h3-4,7,17H,1-2,5-6,8H2,(H,15,19). The number of carbonyl (C=O) groups is 2. The van der Waals surface area contributed by atoms with Crippen molar-refractivity contribution < 1.29 is 14.7 Å². The minimum Gasteiger partial charge on any atom is -0.507 e. The van der Waals surface area contributed by atoms with Gasteiger partial charge < -0.3 is 15.3 Å². The van der Waals surface area contributed by atoms with Crippen molar-refractivity contribution >= 4 is 23.4 Å². The van der Waals surface area contributed by atoms with Crippen LogP contribution in [0.3, 0.4) is 0 Å². The zero-order chi connectivity index (χ0) is 13.8. The van der Waals surface area contributed by atoms with Crippen LogP contribution in [0, 0.1) is 0 Å². The number of halogens is 1. The molecule has 2 amide bonds. The molecular weight excluding hydrogens is 268 g/mol. The molecule has 1 heterocycles. The number of carbonyl (C=O) groups excluding carboxylic acids is 2. The highest BCUT2D eigenvalue weighted by atomic mass is 35.5. The molecule has 1 aromatic rings. The van der Waals surface area contributed by atoms with E-state index in [4.69, 9.17) is 11.6 Å².